The maximum absolute atomic E-state index is 5.21. The minimum Gasteiger partial charge on any atom is -0.309 e. The SMILES string of the molecule is CC1(C)c2cc3c(cc2-c2c1cc(-c1ccccc1)c1ccccc21)c1ccccc1n3-c1cccc(-c2nc(-c3ccccc3)c3ccccc3n2)c1. The highest BCUT2D eigenvalue weighted by molar-refractivity contribution is 6.15. The number of fused-ring (bicyclic) bond motifs is 9. The van der Waals surface area contributed by atoms with Crippen molar-refractivity contribution in [1.82, 2.24) is 14.5 Å². The summed E-state index contributed by atoms with van der Waals surface area (Å²) in [7, 11) is 0. The average Bonchev–Trinajstić information content (AvgIpc) is 3.67. The topological polar surface area (TPSA) is 30.7 Å². The van der Waals surface area contributed by atoms with Crippen LogP contribution in [0.3, 0.4) is 0 Å². The van der Waals surface area contributed by atoms with Crippen LogP contribution in [0.5, 0.6) is 0 Å². The van der Waals surface area contributed by atoms with Crippen molar-refractivity contribution in [1.29, 1.82) is 0 Å². The Morgan fingerprint density at radius 2 is 1.07 bits per heavy atom. The highest BCUT2D eigenvalue weighted by Gasteiger charge is 2.38. The van der Waals surface area contributed by atoms with Gasteiger partial charge in [0.1, 0.15) is 0 Å². The van der Waals surface area contributed by atoms with E-state index in [1.165, 1.54) is 66.0 Å². The molecule has 10 aromatic rings. The number of nitrogens with zero attached hydrogens (tertiary/aromatic N) is 3. The monoisotopic (exact) mass is 689 g/mol. The van der Waals surface area contributed by atoms with Crippen molar-refractivity contribution in [2.24, 2.45) is 0 Å². The quantitative estimate of drug-likeness (QED) is 0.184. The second kappa shape index (κ2) is 11.6. The van der Waals surface area contributed by atoms with Gasteiger partial charge in [-0.05, 0) is 86.6 Å². The third kappa shape index (κ3) is 4.48. The van der Waals surface area contributed by atoms with E-state index < -0.39 is 0 Å². The van der Waals surface area contributed by atoms with Gasteiger partial charge < -0.3 is 4.57 Å². The van der Waals surface area contributed by atoms with Crippen LogP contribution >= 0.6 is 0 Å². The molecule has 11 rings (SSSR count). The average molecular weight is 690 g/mol. The molecule has 3 nitrogen and oxygen atoms in total. The molecule has 0 spiro atoms. The first-order valence-corrected chi connectivity index (χ1v) is 18.7. The molecule has 3 heteroatoms. The molecule has 2 heterocycles. The first-order valence-electron chi connectivity index (χ1n) is 18.7. The van der Waals surface area contributed by atoms with Gasteiger partial charge in [-0.1, -0.05) is 147 Å². The van der Waals surface area contributed by atoms with Crippen molar-refractivity contribution in [3.63, 3.8) is 0 Å². The van der Waals surface area contributed by atoms with Crippen LogP contribution in [-0.2, 0) is 5.41 Å². The Morgan fingerprint density at radius 1 is 0.426 bits per heavy atom. The zero-order chi connectivity index (χ0) is 36.0. The summed E-state index contributed by atoms with van der Waals surface area (Å²) in [5.74, 6) is 0.716. The van der Waals surface area contributed by atoms with Crippen LogP contribution in [0.4, 0.5) is 0 Å². The van der Waals surface area contributed by atoms with Crippen LogP contribution in [0.2, 0.25) is 0 Å². The zero-order valence-corrected chi connectivity index (χ0v) is 30.1. The van der Waals surface area contributed by atoms with Crippen LogP contribution in [0, 0.1) is 0 Å². The highest BCUT2D eigenvalue weighted by Crippen LogP contribution is 2.55. The van der Waals surface area contributed by atoms with E-state index >= 15 is 0 Å². The van der Waals surface area contributed by atoms with Crippen LogP contribution in [0.1, 0.15) is 25.0 Å². The molecule has 0 atom stereocenters. The summed E-state index contributed by atoms with van der Waals surface area (Å²) >= 11 is 0. The van der Waals surface area contributed by atoms with Crippen molar-refractivity contribution in [3.05, 3.63) is 187 Å². The van der Waals surface area contributed by atoms with Gasteiger partial charge >= 0.3 is 0 Å². The second-order valence-corrected chi connectivity index (χ2v) is 15.0. The van der Waals surface area contributed by atoms with Crippen LogP contribution in [-0.4, -0.2) is 14.5 Å². The molecule has 54 heavy (non-hydrogen) atoms. The lowest BCUT2D eigenvalue weighted by molar-refractivity contribution is 0.661. The fourth-order valence-corrected chi connectivity index (χ4v) is 8.98. The zero-order valence-electron chi connectivity index (χ0n) is 30.1. The molecule has 254 valence electrons. The van der Waals surface area contributed by atoms with Crippen molar-refractivity contribution in [2.45, 2.75) is 19.3 Å². The van der Waals surface area contributed by atoms with E-state index in [4.69, 9.17) is 9.97 Å². The Labute approximate surface area is 313 Å². The van der Waals surface area contributed by atoms with E-state index in [1.54, 1.807) is 0 Å². The van der Waals surface area contributed by atoms with E-state index in [0.29, 0.717) is 5.82 Å². The normalized spacial score (nSPS) is 13.1. The van der Waals surface area contributed by atoms with Gasteiger partial charge in [0.15, 0.2) is 5.82 Å². The maximum atomic E-state index is 5.21. The van der Waals surface area contributed by atoms with Gasteiger partial charge in [0.25, 0.3) is 0 Å². The predicted octanol–water partition coefficient (Wildman–Crippen LogP) is 13.2. The molecule has 0 fully saturated rings. The molecule has 1 aliphatic rings. The van der Waals surface area contributed by atoms with Crippen LogP contribution in [0.25, 0.3) is 94.1 Å². The fourth-order valence-electron chi connectivity index (χ4n) is 8.98. The van der Waals surface area contributed by atoms with E-state index in [-0.39, 0.29) is 5.41 Å². The summed E-state index contributed by atoms with van der Waals surface area (Å²) in [6.07, 6.45) is 0. The standard InChI is InChI=1S/C51H35N3/c1-51(2)43-31-47-41(29-42(43)48-38-24-10-9-22-36(38)40(30-44(48)51)32-16-5-3-6-17-32)37-23-12-14-27-46(37)54(47)35-21-15-20-34(28-35)50-52-45-26-13-11-25-39(45)49(53-50)33-18-7-4-8-19-33/h3-31H,1-2H3. The number of para-hydroxylation sites is 2. The van der Waals surface area contributed by atoms with Gasteiger partial charge in [0.05, 0.1) is 22.2 Å². The van der Waals surface area contributed by atoms with Gasteiger partial charge in [-0.15, -0.1) is 0 Å². The highest BCUT2D eigenvalue weighted by atomic mass is 15.0. The lowest BCUT2D eigenvalue weighted by atomic mass is 9.80. The summed E-state index contributed by atoms with van der Waals surface area (Å²) in [6, 6.07) is 63.4. The Bertz CT molecular complexity index is 3120. The molecule has 0 radical (unpaired) electrons. The van der Waals surface area contributed by atoms with Gasteiger partial charge in [-0.3, -0.25) is 0 Å². The Balaban J connectivity index is 1.13. The molecule has 0 bridgehead atoms. The first kappa shape index (κ1) is 30.8. The third-order valence-corrected chi connectivity index (χ3v) is 11.6. The van der Waals surface area contributed by atoms with E-state index in [2.05, 4.69) is 182 Å². The van der Waals surface area contributed by atoms with E-state index in [9.17, 15) is 0 Å². The van der Waals surface area contributed by atoms with Gasteiger partial charge in [0.2, 0.25) is 0 Å². The molecule has 0 saturated carbocycles. The summed E-state index contributed by atoms with van der Waals surface area (Å²) < 4.78 is 2.43. The smallest absolute Gasteiger partial charge is 0.160 e. The predicted molar refractivity (Wildman–Crippen MR) is 225 cm³/mol. The Morgan fingerprint density at radius 3 is 1.87 bits per heavy atom. The van der Waals surface area contributed by atoms with Gasteiger partial charge in [-0.25, -0.2) is 9.97 Å². The molecule has 0 N–H and O–H groups in total. The molecule has 1 aliphatic carbocycles. The minimum atomic E-state index is -0.206. The van der Waals surface area contributed by atoms with Crippen molar-refractivity contribution in [2.75, 3.05) is 0 Å². The lowest BCUT2D eigenvalue weighted by Crippen LogP contribution is -2.15. The number of hydrogen-bond acceptors (Lipinski definition) is 2. The van der Waals surface area contributed by atoms with Gasteiger partial charge in [-0.2, -0.15) is 0 Å². The molecular weight excluding hydrogens is 655 g/mol. The molecule has 0 amide bonds. The van der Waals surface area contributed by atoms with E-state index in [1.807, 2.05) is 12.1 Å². The fraction of sp³-hybridized carbons (Fsp3) is 0.0588. The van der Waals surface area contributed by atoms with Gasteiger partial charge in [0, 0.05) is 38.4 Å². The molecule has 8 aromatic carbocycles. The molecular formula is C51H35N3. The molecule has 0 unspecified atom stereocenters. The lowest BCUT2D eigenvalue weighted by Gasteiger charge is -2.23. The Hall–Kier alpha value is -6.84. The summed E-state index contributed by atoms with van der Waals surface area (Å²) in [4.78, 5) is 10.3. The Kier molecular flexibility index (Phi) is 6.60. The third-order valence-electron chi connectivity index (χ3n) is 11.6. The molecule has 0 aliphatic heterocycles. The largest absolute Gasteiger partial charge is 0.309 e. The number of aromatic nitrogens is 3. The van der Waals surface area contributed by atoms with Crippen LogP contribution < -0.4 is 0 Å². The molecule has 0 saturated heterocycles. The van der Waals surface area contributed by atoms with Crippen molar-refractivity contribution >= 4 is 43.5 Å². The minimum absolute atomic E-state index is 0.206. The number of rotatable bonds is 4. The number of hydrogen-bond donors (Lipinski definition) is 0. The van der Waals surface area contributed by atoms with Crippen molar-refractivity contribution < 1.29 is 0 Å². The number of benzene rings is 8. The van der Waals surface area contributed by atoms with E-state index in [0.717, 1.165) is 33.4 Å². The molecule has 2 aromatic heterocycles. The summed E-state index contributed by atoms with van der Waals surface area (Å²) in [6.45, 7) is 4.78. The summed E-state index contributed by atoms with van der Waals surface area (Å²) in [5.41, 5.74) is 15.1. The summed E-state index contributed by atoms with van der Waals surface area (Å²) in [5, 5.41) is 6.14. The second-order valence-electron chi connectivity index (χ2n) is 15.0. The first-order chi connectivity index (χ1) is 26.5. The maximum Gasteiger partial charge on any atom is 0.160 e. The van der Waals surface area contributed by atoms with Crippen LogP contribution in [0.15, 0.2) is 176 Å². The van der Waals surface area contributed by atoms with Crippen molar-refractivity contribution in [3.8, 4) is 50.6 Å².